The number of benzene rings is 1. The molecule has 0 spiro atoms. The quantitative estimate of drug-likeness (QED) is 0.790. The Morgan fingerprint density at radius 1 is 1.25 bits per heavy atom. The van der Waals surface area contributed by atoms with Crippen LogP contribution in [0.1, 0.15) is 31.7 Å². The molecule has 2 unspecified atom stereocenters. The molecule has 0 saturated heterocycles. The Labute approximate surface area is 96.2 Å². The zero-order chi connectivity index (χ0) is 12.3. The molecule has 0 amide bonds. The minimum absolute atomic E-state index is 0.0794. The van der Waals surface area contributed by atoms with Crippen LogP contribution in [0.15, 0.2) is 29.2 Å². The molecule has 1 aromatic carbocycles. The van der Waals surface area contributed by atoms with E-state index in [4.69, 9.17) is 10.3 Å². The highest BCUT2D eigenvalue weighted by molar-refractivity contribution is 7.85. The van der Waals surface area contributed by atoms with Crippen molar-refractivity contribution in [2.75, 3.05) is 0 Å². The van der Waals surface area contributed by atoms with Crippen LogP contribution in [0.25, 0.3) is 0 Å². The first-order valence-electron chi connectivity index (χ1n) is 5.13. The molecule has 0 fully saturated rings. The monoisotopic (exact) mass is 243 g/mol. The average Bonchev–Trinajstić information content (AvgIpc) is 2.15. The van der Waals surface area contributed by atoms with Crippen LogP contribution in [0.3, 0.4) is 0 Å². The molecule has 2 atom stereocenters. The molecule has 0 bridgehead atoms. The second-order valence-electron chi connectivity index (χ2n) is 4.16. The first kappa shape index (κ1) is 13.2. The molecule has 5 heteroatoms. The van der Waals surface area contributed by atoms with Crippen molar-refractivity contribution in [1.29, 1.82) is 0 Å². The summed E-state index contributed by atoms with van der Waals surface area (Å²) in [5, 5.41) is 0. The molecule has 0 heterocycles. The zero-order valence-electron chi connectivity index (χ0n) is 9.42. The lowest BCUT2D eigenvalue weighted by molar-refractivity contribution is 0.483. The number of hydrogen-bond acceptors (Lipinski definition) is 3. The highest BCUT2D eigenvalue weighted by Crippen LogP contribution is 2.21. The normalized spacial score (nSPS) is 15.8. The topological polar surface area (TPSA) is 80.4 Å². The van der Waals surface area contributed by atoms with Gasteiger partial charge in [0, 0.05) is 6.04 Å². The third-order valence-corrected chi connectivity index (χ3v) is 3.34. The maximum absolute atomic E-state index is 10.8. The van der Waals surface area contributed by atoms with E-state index in [1.165, 1.54) is 12.1 Å². The standard InChI is InChI=1S/C11H17NO3S/c1-8(7-9(2)12)10-3-5-11(6-4-10)16(13,14)15/h3-6,8-9H,7,12H2,1-2H3,(H,13,14,15). The third-order valence-electron chi connectivity index (χ3n) is 2.47. The first-order chi connectivity index (χ1) is 7.30. The van der Waals surface area contributed by atoms with Crippen LogP contribution in [0.4, 0.5) is 0 Å². The summed E-state index contributed by atoms with van der Waals surface area (Å²) in [6.45, 7) is 3.97. The van der Waals surface area contributed by atoms with E-state index in [0.29, 0.717) is 0 Å². The highest BCUT2D eigenvalue weighted by Gasteiger charge is 2.11. The fourth-order valence-electron chi connectivity index (χ4n) is 1.66. The van der Waals surface area contributed by atoms with Crippen LogP contribution in [-0.4, -0.2) is 19.0 Å². The van der Waals surface area contributed by atoms with Crippen molar-refractivity contribution in [3.05, 3.63) is 29.8 Å². The van der Waals surface area contributed by atoms with E-state index in [2.05, 4.69) is 0 Å². The van der Waals surface area contributed by atoms with Crippen molar-refractivity contribution in [2.24, 2.45) is 5.73 Å². The van der Waals surface area contributed by atoms with Crippen LogP contribution in [0.5, 0.6) is 0 Å². The van der Waals surface area contributed by atoms with Crippen LogP contribution < -0.4 is 5.73 Å². The van der Waals surface area contributed by atoms with E-state index in [1.807, 2.05) is 13.8 Å². The molecule has 0 radical (unpaired) electrons. The highest BCUT2D eigenvalue weighted by atomic mass is 32.2. The molecule has 0 saturated carbocycles. The van der Waals surface area contributed by atoms with E-state index >= 15 is 0 Å². The van der Waals surface area contributed by atoms with Crippen molar-refractivity contribution in [3.63, 3.8) is 0 Å². The maximum atomic E-state index is 10.8. The van der Waals surface area contributed by atoms with E-state index < -0.39 is 10.1 Å². The lowest BCUT2D eigenvalue weighted by atomic mass is 9.95. The summed E-state index contributed by atoms with van der Waals surface area (Å²) in [5.41, 5.74) is 6.71. The van der Waals surface area contributed by atoms with Crippen molar-refractivity contribution < 1.29 is 13.0 Å². The Morgan fingerprint density at radius 2 is 1.75 bits per heavy atom. The van der Waals surface area contributed by atoms with Crippen LogP contribution in [-0.2, 0) is 10.1 Å². The predicted octanol–water partition coefficient (Wildman–Crippen LogP) is 1.77. The smallest absolute Gasteiger partial charge is 0.294 e. The lowest BCUT2D eigenvalue weighted by Gasteiger charge is -2.14. The van der Waals surface area contributed by atoms with E-state index in [1.54, 1.807) is 12.1 Å². The van der Waals surface area contributed by atoms with Gasteiger partial charge in [-0.25, -0.2) is 0 Å². The maximum Gasteiger partial charge on any atom is 0.294 e. The minimum Gasteiger partial charge on any atom is -0.328 e. The summed E-state index contributed by atoms with van der Waals surface area (Å²) in [4.78, 5) is -0.0794. The van der Waals surface area contributed by atoms with Gasteiger partial charge in [-0.1, -0.05) is 19.1 Å². The second-order valence-corrected chi connectivity index (χ2v) is 5.58. The molecule has 3 N–H and O–H groups in total. The van der Waals surface area contributed by atoms with Gasteiger partial charge < -0.3 is 5.73 Å². The second kappa shape index (κ2) is 4.95. The summed E-state index contributed by atoms with van der Waals surface area (Å²) in [5.74, 6) is 0.274. The number of rotatable bonds is 4. The number of hydrogen-bond donors (Lipinski definition) is 2. The summed E-state index contributed by atoms with van der Waals surface area (Å²) in [6, 6.07) is 6.33. The van der Waals surface area contributed by atoms with Crippen molar-refractivity contribution >= 4 is 10.1 Å². The van der Waals surface area contributed by atoms with Gasteiger partial charge in [0.15, 0.2) is 0 Å². The Kier molecular flexibility index (Phi) is 4.07. The average molecular weight is 243 g/mol. The summed E-state index contributed by atoms with van der Waals surface area (Å²) >= 11 is 0. The molecule has 16 heavy (non-hydrogen) atoms. The summed E-state index contributed by atoms with van der Waals surface area (Å²) < 4.78 is 30.5. The van der Waals surface area contributed by atoms with Gasteiger partial charge >= 0.3 is 0 Å². The van der Waals surface area contributed by atoms with Crippen molar-refractivity contribution in [1.82, 2.24) is 0 Å². The van der Waals surface area contributed by atoms with Gasteiger partial charge in [0.25, 0.3) is 10.1 Å². The molecule has 0 aliphatic carbocycles. The first-order valence-corrected chi connectivity index (χ1v) is 6.57. The van der Waals surface area contributed by atoms with E-state index in [0.717, 1.165) is 12.0 Å². The molecule has 0 aromatic heterocycles. The molecule has 1 rings (SSSR count). The lowest BCUT2D eigenvalue weighted by Crippen LogP contribution is -2.17. The molecule has 90 valence electrons. The number of nitrogens with two attached hydrogens (primary N) is 1. The van der Waals surface area contributed by atoms with Gasteiger partial charge in [0.2, 0.25) is 0 Å². The van der Waals surface area contributed by atoms with E-state index in [9.17, 15) is 8.42 Å². The van der Waals surface area contributed by atoms with Gasteiger partial charge in [-0.2, -0.15) is 8.42 Å². The van der Waals surface area contributed by atoms with Crippen LogP contribution >= 0.6 is 0 Å². The predicted molar refractivity (Wildman–Crippen MR) is 62.9 cm³/mol. The van der Waals surface area contributed by atoms with Gasteiger partial charge in [-0.15, -0.1) is 0 Å². The molecule has 0 aliphatic rings. The molecule has 1 aromatic rings. The molecule has 4 nitrogen and oxygen atoms in total. The van der Waals surface area contributed by atoms with Crippen LogP contribution in [0.2, 0.25) is 0 Å². The van der Waals surface area contributed by atoms with Gasteiger partial charge in [-0.3, -0.25) is 4.55 Å². The fraction of sp³-hybridized carbons (Fsp3) is 0.455. The van der Waals surface area contributed by atoms with Gasteiger partial charge in [-0.05, 0) is 37.0 Å². The van der Waals surface area contributed by atoms with E-state index in [-0.39, 0.29) is 16.9 Å². The summed E-state index contributed by atoms with van der Waals surface area (Å²) in [7, 11) is -4.09. The Bertz CT molecular complexity index is 437. The van der Waals surface area contributed by atoms with Crippen molar-refractivity contribution in [3.8, 4) is 0 Å². The van der Waals surface area contributed by atoms with Crippen LogP contribution in [0, 0.1) is 0 Å². The van der Waals surface area contributed by atoms with Gasteiger partial charge in [0.1, 0.15) is 0 Å². The van der Waals surface area contributed by atoms with Crippen molar-refractivity contribution in [2.45, 2.75) is 37.1 Å². The molecule has 0 aliphatic heterocycles. The van der Waals surface area contributed by atoms with Gasteiger partial charge in [0.05, 0.1) is 4.90 Å². The third kappa shape index (κ3) is 3.59. The molecular formula is C11H17NO3S. The Hall–Kier alpha value is -0.910. The SMILES string of the molecule is CC(N)CC(C)c1ccc(S(=O)(=O)O)cc1. The zero-order valence-corrected chi connectivity index (χ0v) is 10.2. The Balaban J connectivity index is 2.87. The Morgan fingerprint density at radius 3 is 2.12 bits per heavy atom. The molecular weight excluding hydrogens is 226 g/mol. The minimum atomic E-state index is -4.09. The summed E-state index contributed by atoms with van der Waals surface area (Å²) in [6.07, 6.45) is 0.839. The fourth-order valence-corrected chi connectivity index (χ4v) is 2.14. The largest absolute Gasteiger partial charge is 0.328 e.